The summed E-state index contributed by atoms with van der Waals surface area (Å²) >= 11 is 0. The third-order valence-electron chi connectivity index (χ3n) is 5.67. The molecule has 1 amide bonds. The lowest BCUT2D eigenvalue weighted by atomic mass is 10.0. The standard InChI is InChI=1S/C24H22FN5O/c25-19-8-5-16(6-9-19)22-14-23(29-28-22)30-12-2-4-20(15-30)27-24(31)18-7-10-21-17(13-18)3-1-11-26-21/h1,3,5-11,13-14,20H,2,4,12,15H2,(H,27,31)(H,28,29). The summed E-state index contributed by atoms with van der Waals surface area (Å²) in [7, 11) is 0. The number of fused-ring (bicyclic) bond motifs is 1. The van der Waals surface area contributed by atoms with Crippen molar-refractivity contribution in [3.05, 3.63) is 78.2 Å². The molecule has 1 unspecified atom stereocenters. The van der Waals surface area contributed by atoms with Gasteiger partial charge in [0.05, 0.1) is 11.2 Å². The fourth-order valence-electron chi connectivity index (χ4n) is 4.04. The summed E-state index contributed by atoms with van der Waals surface area (Å²) in [4.78, 5) is 19.3. The Balaban J connectivity index is 1.27. The number of nitrogens with zero attached hydrogens (tertiary/aromatic N) is 3. The second-order valence-corrected chi connectivity index (χ2v) is 7.82. The number of pyridine rings is 1. The lowest BCUT2D eigenvalue weighted by Gasteiger charge is -2.33. The highest BCUT2D eigenvalue weighted by Gasteiger charge is 2.24. The zero-order valence-corrected chi connectivity index (χ0v) is 16.9. The molecule has 0 aliphatic carbocycles. The van der Waals surface area contributed by atoms with E-state index in [-0.39, 0.29) is 17.8 Å². The van der Waals surface area contributed by atoms with Crippen molar-refractivity contribution < 1.29 is 9.18 Å². The molecule has 2 aromatic carbocycles. The summed E-state index contributed by atoms with van der Waals surface area (Å²) in [6, 6.07) is 17.7. The van der Waals surface area contributed by atoms with E-state index in [4.69, 9.17) is 0 Å². The summed E-state index contributed by atoms with van der Waals surface area (Å²) in [6.07, 6.45) is 3.63. The van der Waals surface area contributed by atoms with Crippen molar-refractivity contribution in [1.29, 1.82) is 0 Å². The van der Waals surface area contributed by atoms with Gasteiger partial charge >= 0.3 is 0 Å². The lowest BCUT2D eigenvalue weighted by Crippen LogP contribution is -2.48. The largest absolute Gasteiger partial charge is 0.353 e. The third-order valence-corrected chi connectivity index (χ3v) is 5.67. The molecule has 0 bridgehead atoms. The molecule has 0 saturated carbocycles. The highest BCUT2D eigenvalue weighted by Crippen LogP contribution is 2.24. The van der Waals surface area contributed by atoms with Gasteiger partial charge in [-0.05, 0) is 66.9 Å². The van der Waals surface area contributed by atoms with Crippen molar-refractivity contribution in [1.82, 2.24) is 20.5 Å². The predicted molar refractivity (Wildman–Crippen MR) is 118 cm³/mol. The first kappa shape index (κ1) is 19.2. The van der Waals surface area contributed by atoms with Gasteiger partial charge in [-0.15, -0.1) is 0 Å². The van der Waals surface area contributed by atoms with Gasteiger partial charge in [0.1, 0.15) is 5.82 Å². The number of carbonyl (C=O) groups is 1. The topological polar surface area (TPSA) is 73.9 Å². The Bertz CT molecular complexity index is 1220. The van der Waals surface area contributed by atoms with Gasteiger partial charge in [-0.2, -0.15) is 5.10 Å². The highest BCUT2D eigenvalue weighted by atomic mass is 19.1. The summed E-state index contributed by atoms with van der Waals surface area (Å²) in [6.45, 7) is 1.57. The van der Waals surface area contributed by atoms with Gasteiger partial charge in [0.25, 0.3) is 5.91 Å². The molecule has 4 aromatic rings. The number of hydrogen-bond acceptors (Lipinski definition) is 4. The van der Waals surface area contributed by atoms with Crippen LogP contribution in [-0.2, 0) is 0 Å². The normalized spacial score (nSPS) is 16.4. The van der Waals surface area contributed by atoms with Crippen LogP contribution in [0.1, 0.15) is 23.2 Å². The first-order valence-electron chi connectivity index (χ1n) is 10.4. The maximum absolute atomic E-state index is 13.2. The Morgan fingerprint density at radius 2 is 2.00 bits per heavy atom. The fourth-order valence-corrected chi connectivity index (χ4v) is 4.04. The molecule has 6 nitrogen and oxygen atoms in total. The molecule has 1 atom stereocenters. The number of H-pyrrole nitrogens is 1. The Morgan fingerprint density at radius 1 is 1.13 bits per heavy atom. The number of aromatic nitrogens is 3. The molecule has 0 spiro atoms. The SMILES string of the molecule is O=C(NC1CCCN(c2cc(-c3ccc(F)cc3)[nH]n2)C1)c1ccc2ncccc2c1. The number of benzene rings is 2. The molecule has 2 aromatic heterocycles. The van der Waals surface area contributed by atoms with E-state index < -0.39 is 0 Å². The second kappa shape index (κ2) is 8.18. The van der Waals surface area contributed by atoms with Gasteiger partial charge in [-0.1, -0.05) is 6.07 Å². The third kappa shape index (κ3) is 4.12. The monoisotopic (exact) mass is 415 g/mol. The van der Waals surface area contributed by atoms with E-state index in [9.17, 15) is 9.18 Å². The molecular formula is C24H22FN5O. The number of rotatable bonds is 4. The number of nitrogens with one attached hydrogen (secondary N) is 2. The molecule has 1 aliphatic heterocycles. The minimum atomic E-state index is -0.263. The summed E-state index contributed by atoms with van der Waals surface area (Å²) < 4.78 is 13.2. The highest BCUT2D eigenvalue weighted by molar-refractivity contribution is 5.98. The van der Waals surface area contributed by atoms with Crippen LogP contribution >= 0.6 is 0 Å². The molecular weight excluding hydrogens is 393 g/mol. The quantitative estimate of drug-likeness (QED) is 0.525. The number of hydrogen-bond donors (Lipinski definition) is 2. The van der Waals surface area contributed by atoms with Crippen molar-refractivity contribution in [2.24, 2.45) is 0 Å². The van der Waals surface area contributed by atoms with Crippen LogP contribution in [0.5, 0.6) is 0 Å². The van der Waals surface area contributed by atoms with Gasteiger partial charge in [0.2, 0.25) is 0 Å². The van der Waals surface area contributed by atoms with E-state index in [1.807, 2.05) is 36.4 Å². The van der Waals surface area contributed by atoms with Crippen LogP contribution < -0.4 is 10.2 Å². The molecule has 3 heterocycles. The zero-order valence-electron chi connectivity index (χ0n) is 16.9. The molecule has 7 heteroatoms. The van der Waals surface area contributed by atoms with Gasteiger partial charge < -0.3 is 10.2 Å². The number of anilines is 1. The fraction of sp³-hybridized carbons (Fsp3) is 0.208. The van der Waals surface area contributed by atoms with Crippen molar-refractivity contribution in [2.75, 3.05) is 18.0 Å². The van der Waals surface area contributed by atoms with E-state index in [1.54, 1.807) is 18.3 Å². The molecule has 31 heavy (non-hydrogen) atoms. The molecule has 1 fully saturated rings. The molecule has 1 aliphatic rings. The molecule has 1 saturated heterocycles. The number of amides is 1. The van der Waals surface area contributed by atoms with Crippen LogP contribution in [0.25, 0.3) is 22.2 Å². The summed E-state index contributed by atoms with van der Waals surface area (Å²) in [5.41, 5.74) is 3.23. The Kier molecular flexibility index (Phi) is 5.08. The second-order valence-electron chi connectivity index (χ2n) is 7.82. The number of aromatic amines is 1. The maximum atomic E-state index is 13.2. The Hall–Kier alpha value is -3.74. The smallest absolute Gasteiger partial charge is 0.251 e. The summed E-state index contributed by atoms with van der Waals surface area (Å²) in [5, 5.41) is 11.6. The Morgan fingerprint density at radius 3 is 2.87 bits per heavy atom. The van der Waals surface area contributed by atoms with E-state index in [0.29, 0.717) is 12.1 Å². The van der Waals surface area contributed by atoms with E-state index in [1.165, 1.54) is 12.1 Å². The van der Waals surface area contributed by atoms with Crippen LogP contribution in [0, 0.1) is 5.82 Å². The van der Waals surface area contributed by atoms with Crippen molar-refractivity contribution in [3.8, 4) is 11.3 Å². The van der Waals surface area contributed by atoms with Crippen LogP contribution in [0.2, 0.25) is 0 Å². The average molecular weight is 415 g/mol. The van der Waals surface area contributed by atoms with Gasteiger partial charge in [-0.25, -0.2) is 4.39 Å². The Labute approximate surface area is 179 Å². The van der Waals surface area contributed by atoms with E-state index in [2.05, 4.69) is 25.4 Å². The minimum Gasteiger partial charge on any atom is -0.353 e. The predicted octanol–water partition coefficient (Wildman–Crippen LogP) is 4.16. The molecule has 5 rings (SSSR count). The van der Waals surface area contributed by atoms with Crippen LogP contribution in [0.3, 0.4) is 0 Å². The van der Waals surface area contributed by atoms with Gasteiger partial charge in [-0.3, -0.25) is 14.9 Å². The zero-order chi connectivity index (χ0) is 21.2. The minimum absolute atomic E-state index is 0.0387. The van der Waals surface area contributed by atoms with Crippen LogP contribution in [0.15, 0.2) is 66.9 Å². The first-order chi connectivity index (χ1) is 15.2. The van der Waals surface area contributed by atoms with Crippen LogP contribution in [0.4, 0.5) is 10.2 Å². The molecule has 0 radical (unpaired) electrons. The lowest BCUT2D eigenvalue weighted by molar-refractivity contribution is 0.0933. The van der Waals surface area contributed by atoms with Crippen molar-refractivity contribution >= 4 is 22.6 Å². The van der Waals surface area contributed by atoms with E-state index >= 15 is 0 Å². The van der Waals surface area contributed by atoms with Gasteiger partial charge in [0, 0.05) is 42.3 Å². The van der Waals surface area contributed by atoms with Crippen molar-refractivity contribution in [3.63, 3.8) is 0 Å². The van der Waals surface area contributed by atoms with Crippen molar-refractivity contribution in [2.45, 2.75) is 18.9 Å². The average Bonchev–Trinajstić information content (AvgIpc) is 3.30. The summed E-state index contributed by atoms with van der Waals surface area (Å²) in [5.74, 6) is 0.488. The maximum Gasteiger partial charge on any atom is 0.251 e. The van der Waals surface area contributed by atoms with E-state index in [0.717, 1.165) is 47.4 Å². The molecule has 156 valence electrons. The number of piperidine rings is 1. The molecule has 2 N–H and O–H groups in total. The first-order valence-corrected chi connectivity index (χ1v) is 10.4. The number of halogens is 1. The van der Waals surface area contributed by atoms with Crippen LogP contribution in [-0.4, -0.2) is 40.2 Å². The van der Waals surface area contributed by atoms with Gasteiger partial charge in [0.15, 0.2) is 5.82 Å². The number of carbonyl (C=O) groups excluding carboxylic acids is 1.